The van der Waals surface area contributed by atoms with Gasteiger partial charge in [0.2, 0.25) is 0 Å². The largest absolute Gasteiger partial charge is 0.382 e. The Kier molecular flexibility index (Phi) is 3.03. The highest BCUT2D eigenvalue weighted by Crippen LogP contribution is 2.23. The van der Waals surface area contributed by atoms with Gasteiger partial charge >= 0.3 is 0 Å². The maximum Gasteiger partial charge on any atom is 0.158 e. The van der Waals surface area contributed by atoms with E-state index in [1.54, 1.807) is 18.7 Å². The van der Waals surface area contributed by atoms with Crippen molar-refractivity contribution in [3.63, 3.8) is 0 Å². The highest BCUT2D eigenvalue weighted by atomic mass is 16.3. The average molecular weight is 183 g/mol. The first-order valence-electron chi connectivity index (χ1n) is 4.65. The van der Waals surface area contributed by atoms with Crippen LogP contribution >= 0.6 is 0 Å². The van der Waals surface area contributed by atoms with Crippen LogP contribution in [-0.2, 0) is 12.6 Å². The Morgan fingerprint density at radius 3 is 2.77 bits per heavy atom. The van der Waals surface area contributed by atoms with Crippen LogP contribution in [0.4, 0.5) is 0 Å². The van der Waals surface area contributed by atoms with Gasteiger partial charge in [-0.15, -0.1) is 0 Å². The van der Waals surface area contributed by atoms with Crippen LogP contribution < -0.4 is 0 Å². The van der Waals surface area contributed by atoms with E-state index in [0.29, 0.717) is 5.82 Å². The molecule has 1 N–H and O–H groups in total. The Hall–Kier alpha value is -0.900. The quantitative estimate of drug-likeness (QED) is 0.763. The Morgan fingerprint density at radius 1 is 1.62 bits per heavy atom. The molecule has 1 aromatic rings. The fourth-order valence-corrected chi connectivity index (χ4v) is 1.42. The normalized spacial score (nSPS) is 15.7. The molecular formula is C9H17N3O. The molecule has 1 rings (SSSR count). The van der Waals surface area contributed by atoms with Crippen molar-refractivity contribution in [2.24, 2.45) is 7.05 Å². The number of hydrogen-bond donors (Lipinski definition) is 1. The number of unbranched alkanes of at least 4 members (excludes halogenated alkanes) is 1. The zero-order valence-electron chi connectivity index (χ0n) is 8.49. The van der Waals surface area contributed by atoms with Gasteiger partial charge in [0, 0.05) is 7.05 Å². The van der Waals surface area contributed by atoms with E-state index in [9.17, 15) is 5.11 Å². The molecule has 1 atom stereocenters. The molecule has 13 heavy (non-hydrogen) atoms. The third kappa shape index (κ3) is 2.28. The lowest BCUT2D eigenvalue weighted by Gasteiger charge is -2.21. The van der Waals surface area contributed by atoms with Gasteiger partial charge in [0.25, 0.3) is 0 Å². The van der Waals surface area contributed by atoms with E-state index in [-0.39, 0.29) is 0 Å². The average Bonchev–Trinajstić information content (AvgIpc) is 2.48. The van der Waals surface area contributed by atoms with Crippen LogP contribution in [0.15, 0.2) is 6.33 Å². The molecule has 4 heteroatoms. The minimum atomic E-state index is -0.846. The second-order valence-corrected chi connectivity index (χ2v) is 3.58. The van der Waals surface area contributed by atoms with Gasteiger partial charge < -0.3 is 5.11 Å². The molecule has 1 heterocycles. The topological polar surface area (TPSA) is 50.9 Å². The van der Waals surface area contributed by atoms with Crippen molar-refractivity contribution in [2.45, 2.75) is 38.7 Å². The van der Waals surface area contributed by atoms with Crippen LogP contribution in [0.25, 0.3) is 0 Å². The lowest BCUT2D eigenvalue weighted by molar-refractivity contribution is 0.0325. The van der Waals surface area contributed by atoms with Crippen molar-refractivity contribution in [1.82, 2.24) is 14.8 Å². The lowest BCUT2D eigenvalue weighted by atomic mass is 9.98. The molecule has 4 nitrogen and oxygen atoms in total. The molecule has 0 aliphatic carbocycles. The van der Waals surface area contributed by atoms with Gasteiger partial charge in [-0.05, 0) is 13.3 Å². The Morgan fingerprint density at radius 2 is 2.31 bits per heavy atom. The van der Waals surface area contributed by atoms with E-state index in [1.165, 1.54) is 6.33 Å². The molecule has 0 bridgehead atoms. The van der Waals surface area contributed by atoms with E-state index in [4.69, 9.17) is 0 Å². The summed E-state index contributed by atoms with van der Waals surface area (Å²) in [5, 5.41) is 14.0. The van der Waals surface area contributed by atoms with Crippen LogP contribution in [-0.4, -0.2) is 19.9 Å². The number of aliphatic hydroxyl groups is 1. The summed E-state index contributed by atoms with van der Waals surface area (Å²) >= 11 is 0. The second-order valence-electron chi connectivity index (χ2n) is 3.58. The lowest BCUT2D eigenvalue weighted by Crippen LogP contribution is -2.25. The maximum absolute atomic E-state index is 10.1. The predicted molar refractivity (Wildman–Crippen MR) is 50.1 cm³/mol. The molecule has 74 valence electrons. The Labute approximate surface area is 78.6 Å². The number of nitrogens with zero attached hydrogens (tertiary/aromatic N) is 3. The number of hydrogen-bond acceptors (Lipinski definition) is 3. The van der Waals surface area contributed by atoms with E-state index < -0.39 is 5.60 Å². The monoisotopic (exact) mass is 183 g/mol. The smallest absolute Gasteiger partial charge is 0.158 e. The van der Waals surface area contributed by atoms with Crippen LogP contribution in [0, 0.1) is 0 Å². The van der Waals surface area contributed by atoms with Crippen molar-refractivity contribution >= 4 is 0 Å². The molecule has 0 aromatic carbocycles. The molecule has 0 aliphatic heterocycles. The van der Waals surface area contributed by atoms with Crippen LogP contribution in [0.3, 0.4) is 0 Å². The van der Waals surface area contributed by atoms with E-state index in [0.717, 1.165) is 19.3 Å². The molecule has 0 amide bonds. The van der Waals surface area contributed by atoms with Crippen molar-refractivity contribution in [1.29, 1.82) is 0 Å². The highest BCUT2D eigenvalue weighted by Gasteiger charge is 2.26. The highest BCUT2D eigenvalue weighted by molar-refractivity contribution is 4.97. The summed E-state index contributed by atoms with van der Waals surface area (Å²) in [5.74, 6) is 0.640. The van der Waals surface area contributed by atoms with Crippen molar-refractivity contribution in [3.05, 3.63) is 12.2 Å². The zero-order chi connectivity index (χ0) is 9.90. The van der Waals surface area contributed by atoms with E-state index in [2.05, 4.69) is 17.0 Å². The summed E-state index contributed by atoms with van der Waals surface area (Å²) < 4.78 is 1.62. The first kappa shape index (κ1) is 10.2. The third-order valence-electron chi connectivity index (χ3n) is 2.21. The van der Waals surface area contributed by atoms with Gasteiger partial charge in [0.05, 0.1) is 0 Å². The number of aryl methyl sites for hydroxylation is 1. The minimum absolute atomic E-state index is 0.640. The molecule has 0 saturated carbocycles. The van der Waals surface area contributed by atoms with Crippen LogP contribution in [0.1, 0.15) is 38.9 Å². The molecule has 0 spiro atoms. The fourth-order valence-electron chi connectivity index (χ4n) is 1.42. The number of aromatic nitrogens is 3. The van der Waals surface area contributed by atoms with Gasteiger partial charge in [-0.25, -0.2) is 4.98 Å². The molecular weight excluding hydrogens is 166 g/mol. The summed E-state index contributed by atoms with van der Waals surface area (Å²) in [7, 11) is 1.79. The minimum Gasteiger partial charge on any atom is -0.382 e. The molecule has 0 aliphatic rings. The van der Waals surface area contributed by atoms with E-state index in [1.807, 2.05) is 0 Å². The van der Waals surface area contributed by atoms with Gasteiger partial charge in [-0.2, -0.15) is 5.10 Å². The van der Waals surface area contributed by atoms with E-state index >= 15 is 0 Å². The van der Waals surface area contributed by atoms with Gasteiger partial charge in [-0.3, -0.25) is 4.68 Å². The fraction of sp³-hybridized carbons (Fsp3) is 0.778. The molecule has 1 aromatic heterocycles. The van der Waals surface area contributed by atoms with Crippen molar-refractivity contribution in [2.75, 3.05) is 0 Å². The molecule has 0 saturated heterocycles. The number of rotatable bonds is 4. The predicted octanol–water partition coefficient (Wildman–Crippen LogP) is 1.21. The standard InChI is InChI=1S/C9H17N3O/c1-4-5-6-9(2,13)8-10-7-11-12(8)3/h7,13H,4-6H2,1-3H3/t9-/m1/s1. The molecule has 0 radical (unpaired) electrons. The van der Waals surface area contributed by atoms with Gasteiger partial charge in [0.15, 0.2) is 5.82 Å². The maximum atomic E-state index is 10.1. The van der Waals surface area contributed by atoms with Gasteiger partial charge in [-0.1, -0.05) is 19.8 Å². The summed E-state index contributed by atoms with van der Waals surface area (Å²) in [6.45, 7) is 3.89. The Bertz CT molecular complexity index is 268. The summed E-state index contributed by atoms with van der Waals surface area (Å²) in [6.07, 6.45) is 4.28. The SMILES string of the molecule is CCCC[C@@](C)(O)c1ncnn1C. The Balaban J connectivity index is 2.74. The second kappa shape index (κ2) is 3.87. The summed E-state index contributed by atoms with van der Waals surface area (Å²) in [6, 6.07) is 0. The van der Waals surface area contributed by atoms with Crippen molar-refractivity contribution in [3.8, 4) is 0 Å². The molecule has 0 unspecified atom stereocenters. The van der Waals surface area contributed by atoms with Gasteiger partial charge in [0.1, 0.15) is 11.9 Å². The molecule has 0 fully saturated rings. The first-order valence-corrected chi connectivity index (χ1v) is 4.65. The van der Waals surface area contributed by atoms with Crippen LogP contribution in [0.5, 0.6) is 0 Å². The van der Waals surface area contributed by atoms with Crippen LogP contribution in [0.2, 0.25) is 0 Å². The first-order chi connectivity index (χ1) is 6.08. The summed E-state index contributed by atoms with van der Waals surface area (Å²) in [5.41, 5.74) is -0.846. The zero-order valence-corrected chi connectivity index (χ0v) is 8.49. The third-order valence-corrected chi connectivity index (χ3v) is 2.21. The van der Waals surface area contributed by atoms with Crippen molar-refractivity contribution < 1.29 is 5.11 Å². The summed E-state index contributed by atoms with van der Waals surface area (Å²) in [4.78, 5) is 4.04.